The summed E-state index contributed by atoms with van der Waals surface area (Å²) in [6, 6.07) is 11.5. The highest BCUT2D eigenvalue weighted by Gasteiger charge is 2.25. The van der Waals surface area contributed by atoms with Gasteiger partial charge in [0.05, 0.1) is 40.5 Å². The van der Waals surface area contributed by atoms with Crippen LogP contribution in [0.5, 0.6) is 0 Å². The highest BCUT2D eigenvalue weighted by Crippen LogP contribution is 2.31. The van der Waals surface area contributed by atoms with Crippen LogP contribution in [0.4, 0.5) is 5.69 Å². The smallest absolute Gasteiger partial charge is 0.227 e. The van der Waals surface area contributed by atoms with Crippen molar-refractivity contribution < 1.29 is 4.79 Å². The van der Waals surface area contributed by atoms with Crippen LogP contribution in [0.3, 0.4) is 0 Å². The van der Waals surface area contributed by atoms with Crippen molar-refractivity contribution in [1.29, 1.82) is 0 Å². The molecule has 10 heteroatoms. The molecule has 1 saturated carbocycles. The van der Waals surface area contributed by atoms with Crippen LogP contribution in [-0.2, 0) is 4.79 Å². The van der Waals surface area contributed by atoms with Crippen molar-refractivity contribution in [2.75, 3.05) is 5.32 Å². The van der Waals surface area contributed by atoms with E-state index in [9.17, 15) is 4.79 Å². The number of aromatic nitrogens is 8. The molecule has 0 atom stereocenters. The molecular weight excluding hydrogens is 466 g/mol. The number of nitrogens with zero attached hydrogens (tertiary/aromatic N) is 6. The molecule has 0 bridgehead atoms. The SMILES string of the molecule is O=C(Nc1cncc(-c2ccc3[nH]nc(-c4nc5c(-c6ccccn6)cncc5[nH]4)c3n2)c1)C1CCC1. The number of hydrogen-bond donors (Lipinski definition) is 3. The van der Waals surface area contributed by atoms with Crippen LogP contribution in [0.2, 0.25) is 0 Å². The first-order valence-electron chi connectivity index (χ1n) is 12.1. The van der Waals surface area contributed by atoms with Gasteiger partial charge in [-0.25, -0.2) is 9.97 Å². The van der Waals surface area contributed by atoms with Gasteiger partial charge in [-0.3, -0.25) is 24.8 Å². The monoisotopic (exact) mass is 487 g/mol. The van der Waals surface area contributed by atoms with Gasteiger partial charge in [0, 0.05) is 35.6 Å². The second-order valence-corrected chi connectivity index (χ2v) is 9.13. The first kappa shape index (κ1) is 21.3. The lowest BCUT2D eigenvalue weighted by Crippen LogP contribution is -2.28. The standard InChI is InChI=1S/C27H21N9O/c37-27(15-4-3-5-15)31-17-10-16(11-28-12-17)19-7-8-21-24(32-19)25(36-35-21)26-33-22-14-29-13-18(23(22)34-26)20-6-1-2-9-30-20/h1-2,6-15H,3-5H2,(H,31,37)(H,33,34)(H,35,36). The Labute approximate surface area is 210 Å². The molecular formula is C27H21N9O. The molecule has 7 rings (SSSR count). The molecule has 37 heavy (non-hydrogen) atoms. The molecule has 0 aliphatic heterocycles. The number of imidazole rings is 1. The van der Waals surface area contributed by atoms with Crippen LogP contribution in [0, 0.1) is 5.92 Å². The molecule has 0 spiro atoms. The van der Waals surface area contributed by atoms with Gasteiger partial charge in [0.2, 0.25) is 5.91 Å². The number of aromatic amines is 2. The average Bonchev–Trinajstić information content (AvgIpc) is 3.52. The summed E-state index contributed by atoms with van der Waals surface area (Å²) >= 11 is 0. The lowest BCUT2D eigenvalue weighted by atomic mass is 9.85. The van der Waals surface area contributed by atoms with Gasteiger partial charge in [-0.2, -0.15) is 5.10 Å². The molecule has 6 heterocycles. The molecule has 0 aromatic carbocycles. The third kappa shape index (κ3) is 3.79. The van der Waals surface area contributed by atoms with E-state index < -0.39 is 0 Å². The Balaban J connectivity index is 1.26. The van der Waals surface area contributed by atoms with E-state index in [0.717, 1.165) is 52.6 Å². The molecule has 0 radical (unpaired) electrons. The second kappa shape index (κ2) is 8.59. The van der Waals surface area contributed by atoms with E-state index in [1.54, 1.807) is 31.0 Å². The zero-order valence-electron chi connectivity index (χ0n) is 19.6. The minimum absolute atomic E-state index is 0.0511. The Bertz CT molecular complexity index is 1770. The van der Waals surface area contributed by atoms with E-state index in [2.05, 4.69) is 35.5 Å². The van der Waals surface area contributed by atoms with Crippen LogP contribution in [0.15, 0.2) is 67.4 Å². The number of amides is 1. The second-order valence-electron chi connectivity index (χ2n) is 9.13. The van der Waals surface area contributed by atoms with Gasteiger partial charge < -0.3 is 10.3 Å². The summed E-state index contributed by atoms with van der Waals surface area (Å²) in [5.74, 6) is 0.731. The maximum absolute atomic E-state index is 12.4. The van der Waals surface area contributed by atoms with Crippen molar-refractivity contribution in [2.45, 2.75) is 19.3 Å². The number of carbonyl (C=O) groups excluding carboxylic acids is 1. The van der Waals surface area contributed by atoms with Crippen LogP contribution < -0.4 is 5.32 Å². The van der Waals surface area contributed by atoms with Gasteiger partial charge in [0.15, 0.2) is 11.5 Å². The lowest BCUT2D eigenvalue weighted by molar-refractivity contribution is -0.122. The maximum atomic E-state index is 12.4. The Kier molecular flexibility index (Phi) is 4.95. The van der Waals surface area contributed by atoms with Gasteiger partial charge in [-0.05, 0) is 43.2 Å². The fourth-order valence-corrected chi connectivity index (χ4v) is 4.54. The van der Waals surface area contributed by atoms with E-state index in [1.165, 1.54) is 0 Å². The maximum Gasteiger partial charge on any atom is 0.227 e. The summed E-state index contributed by atoms with van der Waals surface area (Å²) in [7, 11) is 0. The van der Waals surface area contributed by atoms with Gasteiger partial charge in [-0.1, -0.05) is 12.5 Å². The Morgan fingerprint density at radius 3 is 2.68 bits per heavy atom. The molecule has 3 N–H and O–H groups in total. The van der Waals surface area contributed by atoms with E-state index in [0.29, 0.717) is 28.4 Å². The highest BCUT2D eigenvalue weighted by atomic mass is 16.1. The first-order valence-corrected chi connectivity index (χ1v) is 12.1. The number of pyridine rings is 4. The predicted molar refractivity (Wildman–Crippen MR) is 139 cm³/mol. The third-order valence-electron chi connectivity index (χ3n) is 6.74. The minimum Gasteiger partial charge on any atom is -0.335 e. The molecule has 0 saturated heterocycles. The summed E-state index contributed by atoms with van der Waals surface area (Å²) in [4.78, 5) is 38.6. The van der Waals surface area contributed by atoms with Gasteiger partial charge in [-0.15, -0.1) is 0 Å². The van der Waals surface area contributed by atoms with E-state index in [4.69, 9.17) is 9.97 Å². The number of hydrogen-bond acceptors (Lipinski definition) is 7. The topological polar surface area (TPSA) is 138 Å². The number of anilines is 1. The first-order chi connectivity index (χ1) is 18.2. The fraction of sp³-hybridized carbons (Fsp3) is 0.148. The van der Waals surface area contributed by atoms with Crippen molar-refractivity contribution in [3.8, 4) is 34.0 Å². The van der Waals surface area contributed by atoms with Crippen LogP contribution in [0.1, 0.15) is 19.3 Å². The van der Waals surface area contributed by atoms with Crippen LogP contribution in [-0.4, -0.2) is 46.0 Å². The average molecular weight is 488 g/mol. The predicted octanol–water partition coefficient (Wildman–Crippen LogP) is 4.76. The third-order valence-corrected chi connectivity index (χ3v) is 6.74. The molecule has 6 aromatic heterocycles. The quantitative estimate of drug-likeness (QED) is 0.319. The summed E-state index contributed by atoms with van der Waals surface area (Å²) in [6.07, 6.45) is 11.6. The van der Waals surface area contributed by atoms with E-state index >= 15 is 0 Å². The zero-order valence-corrected chi connectivity index (χ0v) is 19.6. The minimum atomic E-state index is 0.0511. The molecule has 1 aliphatic rings. The number of fused-ring (bicyclic) bond motifs is 2. The van der Waals surface area contributed by atoms with Crippen LogP contribution in [0.25, 0.3) is 56.1 Å². The molecule has 10 nitrogen and oxygen atoms in total. The van der Waals surface area contributed by atoms with Crippen molar-refractivity contribution in [3.63, 3.8) is 0 Å². The molecule has 180 valence electrons. The molecule has 6 aromatic rings. The van der Waals surface area contributed by atoms with Gasteiger partial charge in [0.1, 0.15) is 11.0 Å². The number of H-pyrrole nitrogens is 2. The Hall–Kier alpha value is -4.99. The molecule has 1 fully saturated rings. The van der Waals surface area contributed by atoms with Crippen molar-refractivity contribution in [3.05, 3.63) is 67.4 Å². The van der Waals surface area contributed by atoms with E-state index in [1.807, 2.05) is 36.4 Å². The zero-order chi connectivity index (χ0) is 24.8. The fourth-order valence-electron chi connectivity index (χ4n) is 4.54. The summed E-state index contributed by atoms with van der Waals surface area (Å²) < 4.78 is 0. The van der Waals surface area contributed by atoms with Gasteiger partial charge in [0.25, 0.3) is 0 Å². The van der Waals surface area contributed by atoms with Crippen molar-refractivity contribution in [1.82, 2.24) is 40.1 Å². The summed E-state index contributed by atoms with van der Waals surface area (Å²) in [5.41, 5.74) is 7.40. The summed E-state index contributed by atoms with van der Waals surface area (Å²) in [5, 5.41) is 10.5. The Morgan fingerprint density at radius 1 is 0.919 bits per heavy atom. The number of rotatable bonds is 5. The van der Waals surface area contributed by atoms with Gasteiger partial charge >= 0.3 is 0 Å². The van der Waals surface area contributed by atoms with Crippen molar-refractivity contribution >= 4 is 33.7 Å². The molecule has 0 unspecified atom stereocenters. The van der Waals surface area contributed by atoms with E-state index in [-0.39, 0.29) is 11.8 Å². The highest BCUT2D eigenvalue weighted by molar-refractivity contribution is 5.96. The molecule has 1 aliphatic carbocycles. The number of carbonyl (C=O) groups is 1. The molecule has 1 amide bonds. The normalized spacial score (nSPS) is 13.6. The van der Waals surface area contributed by atoms with Crippen molar-refractivity contribution in [2.24, 2.45) is 5.92 Å². The number of nitrogens with one attached hydrogen (secondary N) is 3. The van der Waals surface area contributed by atoms with Crippen LogP contribution >= 0.6 is 0 Å². The lowest BCUT2D eigenvalue weighted by Gasteiger charge is -2.24. The summed E-state index contributed by atoms with van der Waals surface area (Å²) in [6.45, 7) is 0. The largest absolute Gasteiger partial charge is 0.335 e. The Morgan fingerprint density at radius 2 is 1.84 bits per heavy atom.